The number of anilines is 1. The van der Waals surface area contributed by atoms with E-state index in [4.69, 9.17) is 9.47 Å². The predicted molar refractivity (Wildman–Crippen MR) is 117 cm³/mol. The van der Waals surface area contributed by atoms with Crippen molar-refractivity contribution < 1.29 is 14.3 Å². The molecule has 0 N–H and O–H groups in total. The van der Waals surface area contributed by atoms with Gasteiger partial charge >= 0.3 is 0 Å². The topological polar surface area (TPSA) is 85.1 Å². The molecule has 0 aliphatic carbocycles. The van der Waals surface area contributed by atoms with Gasteiger partial charge in [0.1, 0.15) is 12.1 Å². The molecule has 1 amide bonds. The summed E-state index contributed by atoms with van der Waals surface area (Å²) in [5.41, 5.74) is 1.11. The fourth-order valence-corrected chi connectivity index (χ4v) is 3.80. The Balaban J connectivity index is 1.41. The summed E-state index contributed by atoms with van der Waals surface area (Å²) in [6.07, 6.45) is 1.10. The Morgan fingerprint density at radius 1 is 1.06 bits per heavy atom. The zero-order valence-corrected chi connectivity index (χ0v) is 18.4. The second-order valence-corrected chi connectivity index (χ2v) is 7.92. The van der Waals surface area contributed by atoms with Gasteiger partial charge in [-0.2, -0.15) is 4.98 Å². The first-order valence-electron chi connectivity index (χ1n) is 10.5. The lowest BCUT2D eigenvalue weighted by Gasteiger charge is -2.36. The van der Waals surface area contributed by atoms with Crippen LogP contribution in [0.25, 0.3) is 5.78 Å². The molecule has 4 rings (SSSR count). The molecule has 0 unspecified atom stereocenters. The SMILES string of the molecule is COc1ccccc1O[C@@H](C)C(=O)N1CCN(c2cc(C(C)C)n3cnnc3n2)CC1. The van der Waals surface area contributed by atoms with Gasteiger partial charge in [0, 0.05) is 37.9 Å². The van der Waals surface area contributed by atoms with Crippen molar-refractivity contribution in [2.75, 3.05) is 38.2 Å². The van der Waals surface area contributed by atoms with Gasteiger partial charge < -0.3 is 19.3 Å². The van der Waals surface area contributed by atoms with Crippen LogP contribution in [0.1, 0.15) is 32.4 Å². The Morgan fingerprint density at radius 2 is 1.77 bits per heavy atom. The molecule has 1 atom stereocenters. The molecule has 1 aliphatic heterocycles. The molecule has 1 aromatic carbocycles. The number of carbonyl (C=O) groups excluding carboxylic acids is 1. The summed E-state index contributed by atoms with van der Waals surface area (Å²) < 4.78 is 13.1. The van der Waals surface area contributed by atoms with Crippen LogP contribution >= 0.6 is 0 Å². The van der Waals surface area contributed by atoms with Gasteiger partial charge in [0.15, 0.2) is 17.6 Å². The average Bonchev–Trinajstić information content (AvgIpc) is 3.27. The molecule has 0 saturated carbocycles. The molecule has 1 aliphatic rings. The second kappa shape index (κ2) is 8.79. The first-order chi connectivity index (χ1) is 15.0. The molecule has 3 heterocycles. The summed E-state index contributed by atoms with van der Waals surface area (Å²) in [4.78, 5) is 21.6. The summed E-state index contributed by atoms with van der Waals surface area (Å²) >= 11 is 0. The minimum Gasteiger partial charge on any atom is -0.493 e. The van der Waals surface area contributed by atoms with Gasteiger partial charge in [-0.05, 0) is 25.0 Å². The number of ether oxygens (including phenoxy) is 2. The number of benzene rings is 1. The summed E-state index contributed by atoms with van der Waals surface area (Å²) in [6.45, 7) is 8.65. The number of rotatable bonds is 6. The van der Waals surface area contributed by atoms with E-state index in [-0.39, 0.29) is 5.91 Å². The number of amides is 1. The maximum absolute atomic E-state index is 12.9. The van der Waals surface area contributed by atoms with Gasteiger partial charge in [-0.3, -0.25) is 9.20 Å². The largest absolute Gasteiger partial charge is 0.493 e. The first-order valence-corrected chi connectivity index (χ1v) is 10.5. The number of methoxy groups -OCH3 is 1. The van der Waals surface area contributed by atoms with Gasteiger partial charge in [0.2, 0.25) is 0 Å². The third kappa shape index (κ3) is 4.26. The van der Waals surface area contributed by atoms with Crippen LogP contribution in [-0.2, 0) is 4.79 Å². The monoisotopic (exact) mass is 424 g/mol. The van der Waals surface area contributed by atoms with Crippen molar-refractivity contribution in [3.05, 3.63) is 42.4 Å². The number of fused-ring (bicyclic) bond motifs is 1. The van der Waals surface area contributed by atoms with Crippen molar-refractivity contribution in [2.45, 2.75) is 32.8 Å². The van der Waals surface area contributed by atoms with Crippen LogP contribution in [0.15, 0.2) is 36.7 Å². The third-order valence-corrected chi connectivity index (χ3v) is 5.53. The molecule has 164 valence electrons. The molecule has 0 spiro atoms. The quantitative estimate of drug-likeness (QED) is 0.601. The molecule has 9 nitrogen and oxygen atoms in total. The molecule has 1 saturated heterocycles. The van der Waals surface area contributed by atoms with Crippen molar-refractivity contribution in [3.63, 3.8) is 0 Å². The zero-order valence-electron chi connectivity index (χ0n) is 18.4. The molecule has 0 radical (unpaired) electrons. The Hall–Kier alpha value is -3.36. The lowest BCUT2D eigenvalue weighted by molar-refractivity contribution is -0.138. The van der Waals surface area contributed by atoms with Crippen molar-refractivity contribution in [1.82, 2.24) is 24.5 Å². The first kappa shape index (κ1) is 20.9. The Bertz CT molecular complexity index is 1060. The molecular weight excluding hydrogens is 396 g/mol. The second-order valence-electron chi connectivity index (χ2n) is 7.92. The van der Waals surface area contributed by atoms with Crippen LogP contribution < -0.4 is 14.4 Å². The molecule has 0 bridgehead atoms. The van der Waals surface area contributed by atoms with E-state index in [1.54, 1.807) is 26.4 Å². The Labute approximate surface area is 181 Å². The van der Waals surface area contributed by atoms with Crippen molar-refractivity contribution in [2.24, 2.45) is 0 Å². The van der Waals surface area contributed by atoms with Crippen LogP contribution in [-0.4, -0.2) is 69.8 Å². The summed E-state index contributed by atoms with van der Waals surface area (Å²) in [6, 6.07) is 9.44. The molecule has 3 aromatic rings. The molecule has 1 fully saturated rings. The number of para-hydroxylation sites is 2. The highest BCUT2D eigenvalue weighted by Gasteiger charge is 2.27. The Morgan fingerprint density at radius 3 is 2.45 bits per heavy atom. The number of piperazine rings is 1. The van der Waals surface area contributed by atoms with E-state index < -0.39 is 6.10 Å². The summed E-state index contributed by atoms with van der Waals surface area (Å²) in [5.74, 6) is 2.93. The normalized spacial score (nSPS) is 15.4. The average molecular weight is 425 g/mol. The maximum atomic E-state index is 12.9. The van der Waals surface area contributed by atoms with Gasteiger partial charge in [-0.1, -0.05) is 26.0 Å². The lowest BCUT2D eigenvalue weighted by atomic mass is 10.1. The number of hydrogen-bond donors (Lipinski definition) is 0. The highest BCUT2D eigenvalue weighted by atomic mass is 16.5. The number of hydrogen-bond acceptors (Lipinski definition) is 7. The van der Waals surface area contributed by atoms with Crippen molar-refractivity contribution in [3.8, 4) is 11.5 Å². The van der Waals surface area contributed by atoms with Gasteiger partial charge in [-0.25, -0.2) is 0 Å². The zero-order chi connectivity index (χ0) is 22.0. The van der Waals surface area contributed by atoms with E-state index in [2.05, 4.69) is 40.0 Å². The summed E-state index contributed by atoms with van der Waals surface area (Å²) in [7, 11) is 1.59. The van der Waals surface area contributed by atoms with E-state index in [0.29, 0.717) is 49.4 Å². The van der Waals surface area contributed by atoms with Crippen LogP contribution in [0.4, 0.5) is 5.82 Å². The fourth-order valence-electron chi connectivity index (χ4n) is 3.80. The van der Waals surface area contributed by atoms with Crippen LogP contribution in [0.2, 0.25) is 0 Å². The van der Waals surface area contributed by atoms with E-state index in [9.17, 15) is 4.79 Å². The third-order valence-electron chi connectivity index (χ3n) is 5.53. The van der Waals surface area contributed by atoms with Gasteiger partial charge in [0.25, 0.3) is 11.7 Å². The number of nitrogens with zero attached hydrogens (tertiary/aromatic N) is 6. The maximum Gasteiger partial charge on any atom is 0.263 e. The smallest absolute Gasteiger partial charge is 0.263 e. The highest BCUT2D eigenvalue weighted by Crippen LogP contribution is 2.27. The lowest BCUT2D eigenvalue weighted by Crippen LogP contribution is -2.52. The van der Waals surface area contributed by atoms with Crippen LogP contribution in [0.5, 0.6) is 11.5 Å². The predicted octanol–water partition coefficient (Wildman–Crippen LogP) is 2.37. The van der Waals surface area contributed by atoms with E-state index in [1.165, 1.54) is 0 Å². The van der Waals surface area contributed by atoms with E-state index in [1.807, 2.05) is 27.5 Å². The minimum atomic E-state index is -0.596. The molecular formula is C22H28N6O3. The van der Waals surface area contributed by atoms with E-state index >= 15 is 0 Å². The summed E-state index contributed by atoms with van der Waals surface area (Å²) in [5, 5.41) is 8.11. The number of carbonyl (C=O) groups is 1. The van der Waals surface area contributed by atoms with Gasteiger partial charge in [0.05, 0.1) is 7.11 Å². The van der Waals surface area contributed by atoms with Crippen LogP contribution in [0.3, 0.4) is 0 Å². The molecule has 31 heavy (non-hydrogen) atoms. The van der Waals surface area contributed by atoms with Crippen molar-refractivity contribution >= 4 is 17.5 Å². The Kier molecular flexibility index (Phi) is 5.92. The van der Waals surface area contributed by atoms with Crippen molar-refractivity contribution in [1.29, 1.82) is 0 Å². The van der Waals surface area contributed by atoms with Crippen LogP contribution in [0, 0.1) is 0 Å². The standard InChI is InChI=1S/C22H28N6O3/c1-15(2)17-13-20(24-22-25-23-14-28(17)22)26-9-11-27(12-10-26)21(29)16(3)31-19-8-6-5-7-18(19)30-4/h5-8,13-16H,9-12H2,1-4H3/t16-/m0/s1. The number of aromatic nitrogens is 4. The fraction of sp³-hybridized carbons (Fsp3) is 0.455. The van der Waals surface area contributed by atoms with Gasteiger partial charge in [-0.15, -0.1) is 10.2 Å². The molecule has 2 aromatic heterocycles. The van der Waals surface area contributed by atoms with E-state index in [0.717, 1.165) is 11.5 Å². The highest BCUT2D eigenvalue weighted by molar-refractivity contribution is 5.81. The minimum absolute atomic E-state index is 0.0331. The molecule has 9 heteroatoms.